The highest BCUT2D eigenvalue weighted by molar-refractivity contribution is 6.04. The second-order valence-corrected chi connectivity index (χ2v) is 3.57. The van der Waals surface area contributed by atoms with Crippen molar-refractivity contribution in [1.82, 2.24) is 0 Å². The minimum atomic E-state index is -0.792. The third kappa shape index (κ3) is 1.61. The number of nitro benzene ring substituents is 1. The normalized spacial score (nSPS) is 19.8. The Kier molecular flexibility index (Phi) is 2.24. The van der Waals surface area contributed by atoms with Gasteiger partial charge in [-0.3, -0.25) is 10.1 Å². The minimum absolute atomic E-state index is 0.0346. The SMILES string of the molecule is N=C1c2cc([N+](=O)[O-])ccc2CCC1O. The van der Waals surface area contributed by atoms with Gasteiger partial charge in [-0.15, -0.1) is 0 Å². The Hall–Kier alpha value is -1.75. The van der Waals surface area contributed by atoms with Gasteiger partial charge >= 0.3 is 0 Å². The lowest BCUT2D eigenvalue weighted by atomic mass is 9.88. The van der Waals surface area contributed by atoms with E-state index >= 15 is 0 Å². The average Bonchev–Trinajstić information content (AvgIpc) is 2.23. The molecule has 1 unspecified atom stereocenters. The Morgan fingerprint density at radius 3 is 2.93 bits per heavy atom. The Labute approximate surface area is 86.0 Å². The van der Waals surface area contributed by atoms with Gasteiger partial charge in [-0.2, -0.15) is 0 Å². The van der Waals surface area contributed by atoms with Crippen LogP contribution in [0.4, 0.5) is 5.69 Å². The molecule has 1 aliphatic rings. The molecular formula is C10H10N2O3. The highest BCUT2D eigenvalue weighted by Gasteiger charge is 2.24. The van der Waals surface area contributed by atoms with E-state index in [9.17, 15) is 15.2 Å². The van der Waals surface area contributed by atoms with Crippen molar-refractivity contribution >= 4 is 11.4 Å². The van der Waals surface area contributed by atoms with Crippen molar-refractivity contribution in [2.75, 3.05) is 0 Å². The van der Waals surface area contributed by atoms with Crippen molar-refractivity contribution in [3.63, 3.8) is 0 Å². The van der Waals surface area contributed by atoms with E-state index in [1.165, 1.54) is 12.1 Å². The summed E-state index contributed by atoms with van der Waals surface area (Å²) in [6.07, 6.45) is 0.389. The number of aliphatic hydroxyl groups is 1. The lowest BCUT2D eigenvalue weighted by Crippen LogP contribution is -2.27. The van der Waals surface area contributed by atoms with E-state index in [0.29, 0.717) is 18.4 Å². The van der Waals surface area contributed by atoms with Gasteiger partial charge < -0.3 is 10.5 Å². The second kappa shape index (κ2) is 3.43. The molecule has 0 bridgehead atoms. The minimum Gasteiger partial charge on any atom is -0.387 e. The van der Waals surface area contributed by atoms with Crippen LogP contribution in [-0.4, -0.2) is 21.8 Å². The summed E-state index contributed by atoms with van der Waals surface area (Å²) in [5, 5.41) is 27.6. The first kappa shape index (κ1) is 9.79. The molecule has 1 aromatic rings. The van der Waals surface area contributed by atoms with Crippen LogP contribution in [0.15, 0.2) is 18.2 Å². The number of hydrogen-bond acceptors (Lipinski definition) is 4. The average molecular weight is 206 g/mol. The molecule has 0 radical (unpaired) electrons. The number of aryl methyl sites for hydroxylation is 1. The summed E-state index contributed by atoms with van der Waals surface area (Å²) in [5.41, 5.74) is 1.45. The predicted molar refractivity (Wildman–Crippen MR) is 54.3 cm³/mol. The van der Waals surface area contributed by atoms with Crippen LogP contribution in [-0.2, 0) is 6.42 Å². The fourth-order valence-corrected chi connectivity index (χ4v) is 1.76. The standard InChI is InChI=1S/C10H10N2O3/c11-10-8-5-7(12(14)15)3-1-6(8)2-4-9(10)13/h1,3,5,9,11,13H,2,4H2. The smallest absolute Gasteiger partial charge is 0.270 e. The number of hydrogen-bond donors (Lipinski definition) is 2. The van der Waals surface area contributed by atoms with Crippen LogP contribution < -0.4 is 0 Å². The number of rotatable bonds is 1. The van der Waals surface area contributed by atoms with Gasteiger partial charge in [0.2, 0.25) is 0 Å². The molecule has 5 heteroatoms. The zero-order valence-corrected chi connectivity index (χ0v) is 7.93. The van der Waals surface area contributed by atoms with Gasteiger partial charge in [-0.05, 0) is 18.4 Å². The number of nitrogens with one attached hydrogen (secondary N) is 1. The first-order valence-corrected chi connectivity index (χ1v) is 4.64. The molecule has 0 spiro atoms. The molecule has 78 valence electrons. The molecule has 1 aromatic carbocycles. The van der Waals surface area contributed by atoms with Gasteiger partial charge in [0, 0.05) is 17.7 Å². The molecular weight excluding hydrogens is 196 g/mol. The van der Waals surface area contributed by atoms with Gasteiger partial charge in [0.25, 0.3) is 5.69 Å². The largest absolute Gasteiger partial charge is 0.387 e. The molecule has 15 heavy (non-hydrogen) atoms. The van der Waals surface area contributed by atoms with Crippen molar-refractivity contribution in [3.05, 3.63) is 39.4 Å². The molecule has 0 amide bonds. The Balaban J connectivity index is 2.50. The maximum absolute atomic E-state index is 10.5. The van der Waals surface area contributed by atoms with Crippen molar-refractivity contribution in [3.8, 4) is 0 Å². The van der Waals surface area contributed by atoms with E-state index in [-0.39, 0.29) is 11.4 Å². The zero-order chi connectivity index (χ0) is 11.0. The highest BCUT2D eigenvalue weighted by atomic mass is 16.6. The van der Waals surface area contributed by atoms with E-state index < -0.39 is 11.0 Å². The number of fused-ring (bicyclic) bond motifs is 1. The van der Waals surface area contributed by atoms with Crippen LogP contribution in [0.2, 0.25) is 0 Å². The first-order chi connectivity index (χ1) is 7.09. The molecule has 0 aliphatic heterocycles. The third-order valence-corrected chi connectivity index (χ3v) is 2.61. The van der Waals surface area contributed by atoms with Crippen LogP contribution in [0.25, 0.3) is 0 Å². The summed E-state index contributed by atoms with van der Waals surface area (Å²) in [7, 11) is 0. The van der Waals surface area contributed by atoms with E-state index in [2.05, 4.69) is 0 Å². The fourth-order valence-electron chi connectivity index (χ4n) is 1.76. The Morgan fingerprint density at radius 2 is 2.27 bits per heavy atom. The highest BCUT2D eigenvalue weighted by Crippen LogP contribution is 2.25. The summed E-state index contributed by atoms with van der Waals surface area (Å²) in [5.74, 6) is 0. The van der Waals surface area contributed by atoms with E-state index in [4.69, 9.17) is 5.41 Å². The lowest BCUT2D eigenvalue weighted by molar-refractivity contribution is -0.384. The molecule has 0 heterocycles. The summed E-state index contributed by atoms with van der Waals surface area (Å²) >= 11 is 0. The molecule has 0 saturated carbocycles. The summed E-state index contributed by atoms with van der Waals surface area (Å²) < 4.78 is 0. The summed E-state index contributed by atoms with van der Waals surface area (Å²) in [6, 6.07) is 4.46. The monoisotopic (exact) mass is 206 g/mol. The van der Waals surface area contributed by atoms with Gasteiger partial charge in [0.05, 0.1) is 16.7 Å². The van der Waals surface area contributed by atoms with Gasteiger partial charge in [0.15, 0.2) is 0 Å². The number of nitro groups is 1. The topological polar surface area (TPSA) is 87.2 Å². The summed E-state index contributed by atoms with van der Waals surface area (Å²) in [4.78, 5) is 10.1. The Bertz CT molecular complexity index is 442. The van der Waals surface area contributed by atoms with Gasteiger partial charge in [-0.1, -0.05) is 6.07 Å². The van der Waals surface area contributed by atoms with E-state index in [1.807, 2.05) is 0 Å². The Morgan fingerprint density at radius 1 is 1.53 bits per heavy atom. The molecule has 0 fully saturated rings. The molecule has 1 atom stereocenters. The number of non-ortho nitro benzene ring substituents is 1. The molecule has 2 N–H and O–H groups in total. The van der Waals surface area contributed by atoms with Crippen molar-refractivity contribution in [1.29, 1.82) is 5.41 Å². The molecule has 0 saturated heterocycles. The second-order valence-electron chi connectivity index (χ2n) is 3.57. The van der Waals surface area contributed by atoms with Crippen molar-refractivity contribution in [2.24, 2.45) is 0 Å². The van der Waals surface area contributed by atoms with Crippen molar-refractivity contribution in [2.45, 2.75) is 18.9 Å². The van der Waals surface area contributed by atoms with Crippen LogP contribution >= 0.6 is 0 Å². The molecule has 0 aromatic heterocycles. The van der Waals surface area contributed by atoms with E-state index in [1.54, 1.807) is 6.07 Å². The maximum Gasteiger partial charge on any atom is 0.270 e. The maximum atomic E-state index is 10.5. The summed E-state index contributed by atoms with van der Waals surface area (Å²) in [6.45, 7) is 0. The molecule has 1 aliphatic carbocycles. The quantitative estimate of drug-likeness (QED) is 0.535. The van der Waals surface area contributed by atoms with Crippen LogP contribution in [0.3, 0.4) is 0 Å². The van der Waals surface area contributed by atoms with Gasteiger partial charge in [0.1, 0.15) is 0 Å². The number of nitrogens with zero attached hydrogens (tertiary/aromatic N) is 1. The number of benzene rings is 1. The lowest BCUT2D eigenvalue weighted by Gasteiger charge is -2.21. The third-order valence-electron chi connectivity index (χ3n) is 2.61. The van der Waals surface area contributed by atoms with E-state index in [0.717, 1.165) is 5.56 Å². The first-order valence-electron chi connectivity index (χ1n) is 4.64. The number of aliphatic hydroxyl groups excluding tert-OH is 1. The zero-order valence-electron chi connectivity index (χ0n) is 7.93. The molecule has 5 nitrogen and oxygen atoms in total. The van der Waals surface area contributed by atoms with Crippen LogP contribution in [0.1, 0.15) is 17.5 Å². The van der Waals surface area contributed by atoms with Crippen molar-refractivity contribution < 1.29 is 10.0 Å². The van der Waals surface area contributed by atoms with Crippen LogP contribution in [0, 0.1) is 15.5 Å². The predicted octanol–water partition coefficient (Wildman–Crippen LogP) is 1.27. The van der Waals surface area contributed by atoms with Gasteiger partial charge in [-0.25, -0.2) is 0 Å². The fraction of sp³-hybridized carbons (Fsp3) is 0.300. The molecule has 2 rings (SSSR count). The van der Waals surface area contributed by atoms with Crippen LogP contribution in [0.5, 0.6) is 0 Å².